The molecule has 1 aromatic rings. The summed E-state index contributed by atoms with van der Waals surface area (Å²) in [6.07, 6.45) is 2.83. The predicted molar refractivity (Wildman–Crippen MR) is 39.9 cm³/mol. The number of hydrogen-bond acceptors (Lipinski definition) is 4. The zero-order valence-electron chi connectivity index (χ0n) is 6.19. The summed E-state index contributed by atoms with van der Waals surface area (Å²) in [5.41, 5.74) is 5.39. The summed E-state index contributed by atoms with van der Waals surface area (Å²) in [4.78, 5) is 18.2. The lowest BCUT2D eigenvalue weighted by Gasteiger charge is -1.97. The molecule has 0 aromatic carbocycles. The smallest absolute Gasteiger partial charge is 0.269 e. The van der Waals surface area contributed by atoms with E-state index < -0.39 is 5.91 Å². The predicted octanol–water partition coefficient (Wildman–Crippen LogP) is -0.358. The third kappa shape index (κ3) is 1.55. The Bertz CT molecular complexity index is 342. The molecule has 0 aliphatic carbocycles. The largest absolute Gasteiger partial charge is 0.364 e. The summed E-state index contributed by atoms with van der Waals surface area (Å²) >= 11 is 0. The molecule has 1 heterocycles. The van der Waals surface area contributed by atoms with Gasteiger partial charge in [-0.1, -0.05) is 0 Å². The van der Waals surface area contributed by atoms with Crippen LogP contribution in [0.5, 0.6) is 0 Å². The van der Waals surface area contributed by atoms with Crippen molar-refractivity contribution in [1.29, 1.82) is 5.26 Å². The van der Waals surface area contributed by atoms with Gasteiger partial charge in [-0.2, -0.15) is 5.26 Å². The number of primary amides is 1. The molecule has 0 radical (unpaired) electrons. The fourth-order valence-corrected chi connectivity index (χ4v) is 0.777. The second-order valence-corrected chi connectivity index (χ2v) is 2.05. The molecule has 0 aliphatic rings. The van der Waals surface area contributed by atoms with Crippen LogP contribution in [0.15, 0.2) is 12.4 Å². The van der Waals surface area contributed by atoms with Crippen LogP contribution in [-0.4, -0.2) is 15.9 Å². The molecule has 0 bridgehead atoms. The van der Waals surface area contributed by atoms with Gasteiger partial charge >= 0.3 is 0 Å². The van der Waals surface area contributed by atoms with E-state index in [-0.39, 0.29) is 12.1 Å². The third-order valence-corrected chi connectivity index (χ3v) is 1.25. The molecule has 5 nitrogen and oxygen atoms in total. The van der Waals surface area contributed by atoms with E-state index in [9.17, 15) is 4.79 Å². The van der Waals surface area contributed by atoms with Gasteiger partial charge < -0.3 is 5.73 Å². The molecular formula is C7H6N4O. The van der Waals surface area contributed by atoms with Gasteiger partial charge in [0.25, 0.3) is 5.91 Å². The van der Waals surface area contributed by atoms with E-state index in [0.717, 1.165) is 0 Å². The van der Waals surface area contributed by atoms with E-state index in [2.05, 4.69) is 9.97 Å². The molecule has 60 valence electrons. The number of nitrogens with zero attached hydrogens (tertiary/aromatic N) is 3. The topological polar surface area (TPSA) is 92.7 Å². The Hall–Kier alpha value is -1.96. The van der Waals surface area contributed by atoms with Crippen LogP contribution in [0.3, 0.4) is 0 Å². The quantitative estimate of drug-likeness (QED) is 0.642. The molecule has 2 N–H and O–H groups in total. The monoisotopic (exact) mass is 162 g/mol. The van der Waals surface area contributed by atoms with Crippen molar-refractivity contribution >= 4 is 5.91 Å². The Morgan fingerprint density at radius 2 is 2.25 bits per heavy atom. The van der Waals surface area contributed by atoms with Gasteiger partial charge in [0.15, 0.2) is 0 Å². The molecule has 5 heteroatoms. The van der Waals surface area contributed by atoms with Crippen molar-refractivity contribution in [2.24, 2.45) is 5.73 Å². The maximum Gasteiger partial charge on any atom is 0.269 e. The molecule has 0 saturated carbocycles. The van der Waals surface area contributed by atoms with E-state index in [1.807, 2.05) is 6.07 Å². The average molecular weight is 162 g/mol. The summed E-state index contributed by atoms with van der Waals surface area (Å²) in [5.74, 6) is -0.659. The molecule has 0 fully saturated rings. The highest BCUT2D eigenvalue weighted by Gasteiger charge is 2.08. The first kappa shape index (κ1) is 8.14. The Kier molecular flexibility index (Phi) is 2.33. The number of hydrogen-bond donors (Lipinski definition) is 1. The fourth-order valence-electron chi connectivity index (χ4n) is 0.777. The van der Waals surface area contributed by atoms with Crippen LogP contribution in [0.1, 0.15) is 16.2 Å². The van der Waals surface area contributed by atoms with Crippen molar-refractivity contribution in [2.45, 2.75) is 6.42 Å². The lowest BCUT2D eigenvalue weighted by atomic mass is 10.2. The molecule has 1 rings (SSSR count). The van der Waals surface area contributed by atoms with Gasteiger partial charge in [0.05, 0.1) is 18.2 Å². The summed E-state index contributed by atoms with van der Waals surface area (Å²) in [6, 6.07) is 1.87. The number of carbonyl (C=O) groups is 1. The van der Waals surface area contributed by atoms with Crippen molar-refractivity contribution in [1.82, 2.24) is 9.97 Å². The molecule has 1 amide bonds. The molecule has 0 unspecified atom stereocenters. The van der Waals surface area contributed by atoms with Gasteiger partial charge in [0.2, 0.25) is 0 Å². The fraction of sp³-hybridized carbons (Fsp3) is 0.143. The minimum Gasteiger partial charge on any atom is -0.364 e. The Balaban J connectivity index is 3.10. The lowest BCUT2D eigenvalue weighted by Crippen LogP contribution is -2.16. The summed E-state index contributed by atoms with van der Waals surface area (Å²) in [7, 11) is 0. The van der Waals surface area contributed by atoms with Crippen LogP contribution in [-0.2, 0) is 6.42 Å². The summed E-state index contributed by atoms with van der Waals surface area (Å²) < 4.78 is 0. The van der Waals surface area contributed by atoms with Gasteiger partial charge in [-0.25, -0.2) is 4.98 Å². The van der Waals surface area contributed by atoms with E-state index >= 15 is 0 Å². The van der Waals surface area contributed by atoms with Crippen molar-refractivity contribution in [3.8, 4) is 6.07 Å². The van der Waals surface area contributed by atoms with Gasteiger partial charge in [-0.15, -0.1) is 0 Å². The van der Waals surface area contributed by atoms with Crippen LogP contribution < -0.4 is 5.73 Å². The molecule has 12 heavy (non-hydrogen) atoms. The van der Waals surface area contributed by atoms with Gasteiger partial charge in [-0.05, 0) is 0 Å². The Labute approximate surface area is 68.9 Å². The first-order valence-electron chi connectivity index (χ1n) is 3.22. The maximum atomic E-state index is 10.7. The van der Waals surface area contributed by atoms with E-state index in [0.29, 0.717) is 5.69 Å². The first-order chi connectivity index (χ1) is 5.75. The number of nitrogens with two attached hydrogens (primary N) is 1. The van der Waals surface area contributed by atoms with Crippen molar-refractivity contribution in [3.05, 3.63) is 23.8 Å². The van der Waals surface area contributed by atoms with Gasteiger partial charge in [0.1, 0.15) is 5.69 Å². The average Bonchev–Trinajstić information content (AvgIpc) is 2.05. The second kappa shape index (κ2) is 3.44. The number of amides is 1. The van der Waals surface area contributed by atoms with Crippen LogP contribution >= 0.6 is 0 Å². The zero-order chi connectivity index (χ0) is 8.97. The zero-order valence-corrected chi connectivity index (χ0v) is 6.19. The highest BCUT2D eigenvalue weighted by Crippen LogP contribution is 2.00. The van der Waals surface area contributed by atoms with Crippen LogP contribution in [0.2, 0.25) is 0 Å². The van der Waals surface area contributed by atoms with E-state index in [1.165, 1.54) is 12.4 Å². The third-order valence-electron chi connectivity index (χ3n) is 1.25. The molecule has 0 saturated heterocycles. The summed E-state index contributed by atoms with van der Waals surface area (Å²) in [5, 5.41) is 8.36. The van der Waals surface area contributed by atoms with E-state index in [1.54, 1.807) is 0 Å². The maximum absolute atomic E-state index is 10.7. The van der Waals surface area contributed by atoms with Crippen molar-refractivity contribution in [2.75, 3.05) is 0 Å². The molecule has 0 atom stereocenters. The van der Waals surface area contributed by atoms with Crippen molar-refractivity contribution in [3.63, 3.8) is 0 Å². The standard InChI is InChI=1S/C7H6N4O/c8-2-1-5-6(7(9)12)11-4-3-10-5/h3-4H,1H2,(H2,9,12). The number of nitriles is 1. The van der Waals surface area contributed by atoms with E-state index in [4.69, 9.17) is 11.0 Å². The van der Waals surface area contributed by atoms with Crippen LogP contribution in [0.4, 0.5) is 0 Å². The van der Waals surface area contributed by atoms with Crippen molar-refractivity contribution < 1.29 is 4.79 Å². The first-order valence-corrected chi connectivity index (χ1v) is 3.22. The molecule has 1 aromatic heterocycles. The lowest BCUT2D eigenvalue weighted by molar-refractivity contribution is 0.0994. The Morgan fingerprint density at radius 3 is 2.83 bits per heavy atom. The summed E-state index contributed by atoms with van der Waals surface area (Å²) in [6.45, 7) is 0. The molecular weight excluding hydrogens is 156 g/mol. The highest BCUT2D eigenvalue weighted by atomic mass is 16.1. The minimum absolute atomic E-state index is 0.0477. The van der Waals surface area contributed by atoms with Gasteiger partial charge in [-0.3, -0.25) is 9.78 Å². The molecule has 0 spiro atoms. The minimum atomic E-state index is -0.659. The van der Waals surface area contributed by atoms with Crippen LogP contribution in [0, 0.1) is 11.3 Å². The molecule has 0 aliphatic heterocycles. The second-order valence-electron chi connectivity index (χ2n) is 2.05. The normalized spacial score (nSPS) is 8.92. The number of aromatic nitrogens is 2. The number of rotatable bonds is 2. The number of carbonyl (C=O) groups excluding carboxylic acids is 1. The van der Waals surface area contributed by atoms with Crippen LogP contribution in [0.25, 0.3) is 0 Å². The van der Waals surface area contributed by atoms with Gasteiger partial charge in [0, 0.05) is 12.4 Å². The highest BCUT2D eigenvalue weighted by molar-refractivity contribution is 5.91. The Morgan fingerprint density at radius 1 is 1.58 bits per heavy atom. The SMILES string of the molecule is N#CCc1nccnc1C(N)=O.